The third-order valence-electron chi connectivity index (χ3n) is 1.94. The molecular formula is C10H16ClNO2S. The lowest BCUT2D eigenvalue weighted by molar-refractivity contribution is 0.0594. The van der Waals surface area contributed by atoms with Gasteiger partial charge in [0.05, 0.1) is 17.0 Å². The summed E-state index contributed by atoms with van der Waals surface area (Å²) in [7, 11) is 1.59. The first kappa shape index (κ1) is 12.9. The van der Waals surface area contributed by atoms with Crippen molar-refractivity contribution in [3.63, 3.8) is 0 Å². The van der Waals surface area contributed by atoms with Gasteiger partial charge in [-0.15, -0.1) is 11.3 Å². The molecule has 2 N–H and O–H groups in total. The van der Waals surface area contributed by atoms with Gasteiger partial charge in [-0.3, -0.25) is 0 Å². The minimum Gasteiger partial charge on any atom is -0.391 e. The predicted octanol–water partition coefficient (Wildman–Crippen LogP) is 1.89. The fourth-order valence-corrected chi connectivity index (χ4v) is 2.26. The highest BCUT2D eigenvalue weighted by atomic mass is 35.5. The van der Waals surface area contributed by atoms with Crippen LogP contribution >= 0.6 is 22.9 Å². The van der Waals surface area contributed by atoms with Crippen LogP contribution in [0.3, 0.4) is 0 Å². The Balaban J connectivity index is 2.06. The molecule has 0 bridgehead atoms. The summed E-state index contributed by atoms with van der Waals surface area (Å²) in [6, 6.07) is 3.90. The van der Waals surface area contributed by atoms with Crippen LogP contribution in [0.5, 0.6) is 0 Å². The van der Waals surface area contributed by atoms with Crippen molar-refractivity contribution >= 4 is 22.9 Å². The smallest absolute Gasteiger partial charge is 0.0931 e. The molecule has 0 saturated heterocycles. The highest BCUT2D eigenvalue weighted by Gasteiger charge is 2.02. The van der Waals surface area contributed by atoms with Gasteiger partial charge in [0.1, 0.15) is 0 Å². The minimum absolute atomic E-state index is 0.380. The second kappa shape index (κ2) is 7.19. The third-order valence-corrected chi connectivity index (χ3v) is 3.17. The third kappa shape index (κ3) is 5.49. The monoisotopic (exact) mass is 249 g/mol. The fourth-order valence-electron chi connectivity index (χ4n) is 1.20. The lowest BCUT2D eigenvalue weighted by Crippen LogP contribution is -2.22. The Morgan fingerprint density at radius 3 is 3.00 bits per heavy atom. The summed E-state index contributed by atoms with van der Waals surface area (Å²) in [6.07, 6.45) is 0.321. The zero-order valence-electron chi connectivity index (χ0n) is 8.70. The summed E-state index contributed by atoms with van der Waals surface area (Å²) in [5, 5.41) is 12.6. The molecule has 0 spiro atoms. The van der Waals surface area contributed by atoms with Crippen molar-refractivity contribution in [2.75, 3.05) is 20.3 Å². The predicted molar refractivity (Wildman–Crippen MR) is 63.5 cm³/mol. The van der Waals surface area contributed by atoms with Crippen LogP contribution in [0.1, 0.15) is 11.3 Å². The minimum atomic E-state index is -0.380. The molecule has 15 heavy (non-hydrogen) atoms. The van der Waals surface area contributed by atoms with E-state index in [0.717, 1.165) is 17.4 Å². The lowest BCUT2D eigenvalue weighted by atomic mass is 10.2. The molecule has 1 aromatic rings. The second-order valence-corrected chi connectivity index (χ2v) is 5.08. The average molecular weight is 250 g/mol. The van der Waals surface area contributed by atoms with Gasteiger partial charge in [-0.25, -0.2) is 0 Å². The highest BCUT2D eigenvalue weighted by Crippen LogP contribution is 2.20. The van der Waals surface area contributed by atoms with E-state index in [2.05, 4.69) is 5.32 Å². The zero-order chi connectivity index (χ0) is 11.1. The summed E-state index contributed by atoms with van der Waals surface area (Å²) in [5.41, 5.74) is 0. The Labute approximate surface area is 99.0 Å². The van der Waals surface area contributed by atoms with Crippen molar-refractivity contribution in [2.45, 2.75) is 19.1 Å². The van der Waals surface area contributed by atoms with Gasteiger partial charge in [-0.1, -0.05) is 11.6 Å². The molecule has 0 fully saturated rings. The van der Waals surface area contributed by atoms with Gasteiger partial charge in [-0.05, 0) is 25.1 Å². The number of hydrogen-bond acceptors (Lipinski definition) is 4. The van der Waals surface area contributed by atoms with Crippen molar-refractivity contribution in [1.29, 1.82) is 0 Å². The number of methoxy groups -OCH3 is 1. The van der Waals surface area contributed by atoms with Crippen LogP contribution in [-0.2, 0) is 11.3 Å². The van der Waals surface area contributed by atoms with Crippen molar-refractivity contribution in [3.05, 3.63) is 21.3 Å². The molecule has 0 amide bonds. The molecule has 0 aliphatic carbocycles. The first-order valence-electron chi connectivity index (χ1n) is 4.84. The van der Waals surface area contributed by atoms with Crippen LogP contribution in [0.4, 0.5) is 0 Å². The number of halogens is 1. The average Bonchev–Trinajstić information content (AvgIpc) is 2.60. The number of thiophene rings is 1. The first-order chi connectivity index (χ1) is 7.22. The number of hydrogen-bond donors (Lipinski definition) is 2. The molecule has 0 radical (unpaired) electrons. The fraction of sp³-hybridized carbons (Fsp3) is 0.600. The Morgan fingerprint density at radius 1 is 1.60 bits per heavy atom. The Kier molecular flexibility index (Phi) is 6.20. The van der Waals surface area contributed by atoms with Gasteiger partial charge in [0.25, 0.3) is 0 Å². The van der Waals surface area contributed by atoms with Crippen molar-refractivity contribution in [1.82, 2.24) is 5.32 Å². The van der Waals surface area contributed by atoms with Gasteiger partial charge in [0.2, 0.25) is 0 Å². The molecule has 0 saturated carbocycles. The lowest BCUT2D eigenvalue weighted by Gasteiger charge is -2.09. The van der Waals surface area contributed by atoms with Crippen LogP contribution in [0.2, 0.25) is 4.34 Å². The molecule has 1 rings (SSSR count). The number of rotatable bonds is 7. The van der Waals surface area contributed by atoms with Crippen LogP contribution in [-0.4, -0.2) is 31.5 Å². The van der Waals surface area contributed by atoms with Crippen LogP contribution in [0.15, 0.2) is 12.1 Å². The van der Waals surface area contributed by atoms with E-state index in [1.165, 1.54) is 4.88 Å². The molecule has 1 atom stereocenters. The molecule has 1 heterocycles. The van der Waals surface area contributed by atoms with Gasteiger partial charge in [0, 0.05) is 18.5 Å². The van der Waals surface area contributed by atoms with Gasteiger partial charge < -0.3 is 15.2 Å². The maximum Gasteiger partial charge on any atom is 0.0931 e. The Morgan fingerprint density at radius 2 is 2.40 bits per heavy atom. The maximum absolute atomic E-state index is 9.37. The summed E-state index contributed by atoms with van der Waals surface area (Å²) in [4.78, 5) is 1.21. The van der Waals surface area contributed by atoms with Crippen LogP contribution in [0, 0.1) is 0 Å². The van der Waals surface area contributed by atoms with Crippen molar-refractivity contribution in [2.24, 2.45) is 0 Å². The highest BCUT2D eigenvalue weighted by molar-refractivity contribution is 7.16. The molecule has 1 unspecified atom stereocenters. The van der Waals surface area contributed by atoms with E-state index >= 15 is 0 Å². The molecule has 0 aromatic carbocycles. The van der Waals surface area contributed by atoms with E-state index in [-0.39, 0.29) is 6.10 Å². The number of ether oxygens (including phenoxy) is 1. The van der Waals surface area contributed by atoms with Crippen LogP contribution < -0.4 is 5.32 Å². The normalized spacial score (nSPS) is 13.0. The first-order valence-corrected chi connectivity index (χ1v) is 6.03. The zero-order valence-corrected chi connectivity index (χ0v) is 10.3. The van der Waals surface area contributed by atoms with E-state index in [1.807, 2.05) is 12.1 Å². The van der Waals surface area contributed by atoms with Crippen molar-refractivity contribution < 1.29 is 9.84 Å². The van der Waals surface area contributed by atoms with Gasteiger partial charge in [-0.2, -0.15) is 0 Å². The topological polar surface area (TPSA) is 41.5 Å². The number of aliphatic hydroxyl groups is 1. The van der Waals surface area contributed by atoms with E-state index in [4.69, 9.17) is 16.3 Å². The molecule has 0 aliphatic heterocycles. The summed E-state index contributed by atoms with van der Waals surface area (Å²) >= 11 is 7.37. The summed E-state index contributed by atoms with van der Waals surface area (Å²) < 4.78 is 5.64. The SMILES string of the molecule is COCC(O)CCNCc1ccc(Cl)s1. The molecule has 1 aromatic heterocycles. The number of nitrogens with one attached hydrogen (secondary N) is 1. The van der Waals surface area contributed by atoms with Gasteiger partial charge in [0.15, 0.2) is 0 Å². The number of aliphatic hydroxyl groups excluding tert-OH is 1. The molecule has 5 heteroatoms. The summed E-state index contributed by atoms with van der Waals surface area (Å²) in [5.74, 6) is 0. The second-order valence-electron chi connectivity index (χ2n) is 3.28. The quantitative estimate of drug-likeness (QED) is 0.726. The largest absolute Gasteiger partial charge is 0.391 e. The van der Waals surface area contributed by atoms with Crippen LogP contribution in [0.25, 0.3) is 0 Å². The molecule has 86 valence electrons. The Hall–Kier alpha value is -0.130. The van der Waals surface area contributed by atoms with E-state index in [1.54, 1.807) is 18.4 Å². The summed E-state index contributed by atoms with van der Waals surface area (Å²) in [6.45, 7) is 1.98. The Bertz CT molecular complexity index is 280. The molecular weight excluding hydrogens is 234 g/mol. The molecule has 3 nitrogen and oxygen atoms in total. The maximum atomic E-state index is 9.37. The van der Waals surface area contributed by atoms with E-state index in [0.29, 0.717) is 13.0 Å². The van der Waals surface area contributed by atoms with Gasteiger partial charge >= 0.3 is 0 Å². The van der Waals surface area contributed by atoms with Crippen molar-refractivity contribution in [3.8, 4) is 0 Å². The van der Waals surface area contributed by atoms with E-state index in [9.17, 15) is 5.11 Å². The molecule has 0 aliphatic rings. The standard InChI is InChI=1S/C10H16ClNO2S/c1-14-7-8(13)4-5-12-6-9-2-3-10(11)15-9/h2-3,8,12-13H,4-7H2,1H3. The van der Waals surface area contributed by atoms with E-state index < -0.39 is 0 Å².